The minimum atomic E-state index is -4.76. The quantitative estimate of drug-likeness (QED) is 0.368. The van der Waals surface area contributed by atoms with Crippen LogP contribution in [0, 0.1) is 5.82 Å². The topological polar surface area (TPSA) is 125 Å². The molecule has 0 aromatic heterocycles. The van der Waals surface area contributed by atoms with Crippen LogP contribution in [0.3, 0.4) is 0 Å². The smallest absolute Gasteiger partial charge is 0.405 e. The first-order valence-corrected chi connectivity index (χ1v) is 8.82. The van der Waals surface area contributed by atoms with E-state index >= 15 is 0 Å². The van der Waals surface area contributed by atoms with Crippen LogP contribution < -0.4 is 15.4 Å². The van der Waals surface area contributed by atoms with Gasteiger partial charge in [-0.1, -0.05) is 0 Å². The van der Waals surface area contributed by atoms with Gasteiger partial charge in [0, 0.05) is 25.0 Å². The predicted octanol–water partition coefficient (Wildman–Crippen LogP) is -0.00500. The highest BCUT2D eigenvalue weighted by atomic mass is 19.4. The van der Waals surface area contributed by atoms with Crippen molar-refractivity contribution in [3.8, 4) is 5.75 Å². The standard InChI is InChI=1S/C18H20F4N2O6/c1-17(29,15(27)23-8-18(20,21)22)16(28)24-14-11(26)7-9-6-10(19)2-3-12(9)30-13(14)4-5-25/h2-3,6,13-14,25,29H,4-5,7-8H2,1H3,(H,23,27)(H,24,28)/t13-,14-,17+/m0/s1. The van der Waals surface area contributed by atoms with Crippen molar-refractivity contribution in [2.45, 2.75) is 43.7 Å². The first-order chi connectivity index (χ1) is 13.8. The van der Waals surface area contributed by atoms with Gasteiger partial charge >= 0.3 is 6.18 Å². The normalized spacial score (nSPS) is 21.0. The van der Waals surface area contributed by atoms with E-state index in [-0.39, 0.29) is 24.2 Å². The van der Waals surface area contributed by atoms with Crippen molar-refractivity contribution >= 4 is 17.6 Å². The highest BCUT2D eigenvalue weighted by molar-refractivity contribution is 6.09. The molecule has 0 aliphatic carbocycles. The number of hydrogen-bond donors (Lipinski definition) is 4. The third-order valence-corrected chi connectivity index (χ3v) is 4.42. The van der Waals surface area contributed by atoms with Gasteiger partial charge in [-0.25, -0.2) is 4.39 Å². The van der Waals surface area contributed by atoms with Gasteiger partial charge in [0.1, 0.15) is 30.3 Å². The maximum absolute atomic E-state index is 13.5. The third kappa shape index (κ3) is 5.66. The number of carbonyl (C=O) groups is 3. The molecule has 1 aliphatic heterocycles. The second-order valence-corrected chi connectivity index (χ2v) is 6.88. The Morgan fingerprint density at radius 2 is 1.93 bits per heavy atom. The van der Waals surface area contributed by atoms with E-state index in [4.69, 9.17) is 4.74 Å². The summed E-state index contributed by atoms with van der Waals surface area (Å²) < 4.78 is 55.9. The number of alkyl halides is 3. The lowest BCUT2D eigenvalue weighted by atomic mass is 9.97. The molecule has 2 rings (SSSR count). The molecule has 0 bridgehead atoms. The Morgan fingerprint density at radius 1 is 1.27 bits per heavy atom. The van der Waals surface area contributed by atoms with Gasteiger partial charge in [0.15, 0.2) is 5.78 Å². The predicted molar refractivity (Wildman–Crippen MR) is 92.8 cm³/mol. The molecule has 3 atom stereocenters. The molecule has 0 unspecified atom stereocenters. The number of hydrogen-bond acceptors (Lipinski definition) is 6. The number of benzene rings is 1. The lowest BCUT2D eigenvalue weighted by Crippen LogP contribution is -2.61. The van der Waals surface area contributed by atoms with Crippen LogP contribution in [0.5, 0.6) is 5.75 Å². The van der Waals surface area contributed by atoms with Gasteiger partial charge in [-0.05, 0) is 25.1 Å². The Labute approximate surface area is 168 Å². The number of carbonyl (C=O) groups excluding carboxylic acids is 3. The van der Waals surface area contributed by atoms with Crippen LogP contribution in [0.2, 0.25) is 0 Å². The molecule has 12 heteroatoms. The maximum Gasteiger partial charge on any atom is 0.405 e. The van der Waals surface area contributed by atoms with Crippen molar-refractivity contribution < 1.29 is 46.9 Å². The third-order valence-electron chi connectivity index (χ3n) is 4.42. The van der Waals surface area contributed by atoms with Crippen molar-refractivity contribution in [2.75, 3.05) is 13.2 Å². The average molecular weight is 436 g/mol. The van der Waals surface area contributed by atoms with Crippen molar-refractivity contribution in [3.63, 3.8) is 0 Å². The number of fused-ring (bicyclic) bond motifs is 1. The summed E-state index contributed by atoms with van der Waals surface area (Å²) in [7, 11) is 0. The molecule has 0 spiro atoms. The molecule has 1 aliphatic rings. The van der Waals surface area contributed by atoms with Crippen LogP contribution in [-0.2, 0) is 20.8 Å². The fourth-order valence-corrected chi connectivity index (χ4v) is 2.80. The zero-order valence-corrected chi connectivity index (χ0v) is 15.8. The number of ether oxygens (including phenoxy) is 1. The fraction of sp³-hybridized carbons (Fsp3) is 0.500. The van der Waals surface area contributed by atoms with Crippen molar-refractivity contribution in [2.24, 2.45) is 0 Å². The summed E-state index contributed by atoms with van der Waals surface area (Å²) in [6.07, 6.45) is -6.40. The van der Waals surface area contributed by atoms with E-state index in [0.717, 1.165) is 12.1 Å². The van der Waals surface area contributed by atoms with Gasteiger partial charge in [0.25, 0.3) is 11.8 Å². The Kier molecular flexibility index (Phi) is 7.03. The van der Waals surface area contributed by atoms with E-state index < -0.39 is 60.5 Å². The number of nitrogens with one attached hydrogen (secondary N) is 2. The van der Waals surface area contributed by atoms with Crippen molar-refractivity contribution in [1.82, 2.24) is 10.6 Å². The Balaban J connectivity index is 2.20. The van der Waals surface area contributed by atoms with Gasteiger partial charge in [-0.2, -0.15) is 13.2 Å². The highest BCUT2D eigenvalue weighted by Crippen LogP contribution is 2.27. The maximum atomic E-state index is 13.5. The van der Waals surface area contributed by atoms with Crippen molar-refractivity contribution in [3.05, 3.63) is 29.6 Å². The zero-order chi connectivity index (χ0) is 22.7. The Hall–Kier alpha value is -2.73. The van der Waals surface area contributed by atoms with Crippen LogP contribution in [-0.4, -0.2) is 64.9 Å². The molecule has 0 fully saturated rings. The number of ketones is 1. The van der Waals surface area contributed by atoms with Gasteiger partial charge < -0.3 is 25.6 Å². The van der Waals surface area contributed by atoms with E-state index in [0.29, 0.717) is 6.92 Å². The molecule has 1 aromatic rings. The lowest BCUT2D eigenvalue weighted by Gasteiger charge is -2.28. The van der Waals surface area contributed by atoms with Crippen LogP contribution in [0.1, 0.15) is 18.9 Å². The number of aliphatic hydroxyl groups is 2. The first kappa shape index (κ1) is 23.5. The van der Waals surface area contributed by atoms with Crippen LogP contribution in [0.15, 0.2) is 18.2 Å². The highest BCUT2D eigenvalue weighted by Gasteiger charge is 2.44. The number of aliphatic hydroxyl groups excluding tert-OH is 1. The molecule has 4 N–H and O–H groups in total. The van der Waals surface area contributed by atoms with E-state index in [1.165, 1.54) is 11.4 Å². The summed E-state index contributed by atoms with van der Waals surface area (Å²) in [4.78, 5) is 36.9. The first-order valence-electron chi connectivity index (χ1n) is 8.82. The Bertz CT molecular complexity index is 827. The van der Waals surface area contributed by atoms with Crippen LogP contribution in [0.25, 0.3) is 0 Å². The second kappa shape index (κ2) is 8.96. The average Bonchev–Trinajstić information content (AvgIpc) is 2.76. The fourth-order valence-electron chi connectivity index (χ4n) is 2.80. The van der Waals surface area contributed by atoms with Crippen LogP contribution in [0.4, 0.5) is 17.6 Å². The number of Topliss-reactive ketones (excluding diaryl/α,β-unsaturated/α-hetero) is 1. The molecular formula is C18H20F4N2O6. The minimum absolute atomic E-state index is 0.143. The number of rotatable bonds is 6. The molecule has 1 heterocycles. The van der Waals surface area contributed by atoms with E-state index in [2.05, 4.69) is 5.32 Å². The summed E-state index contributed by atoms with van der Waals surface area (Å²) in [5, 5.41) is 22.9. The summed E-state index contributed by atoms with van der Waals surface area (Å²) in [6, 6.07) is 1.97. The van der Waals surface area contributed by atoms with Crippen molar-refractivity contribution in [1.29, 1.82) is 0 Å². The van der Waals surface area contributed by atoms with E-state index in [1.54, 1.807) is 0 Å². The number of amides is 2. The lowest BCUT2D eigenvalue weighted by molar-refractivity contribution is -0.159. The number of halogens is 4. The molecule has 2 amide bonds. The SMILES string of the molecule is C[C@@](O)(C(=O)NCC(F)(F)F)C(=O)N[C@H]1C(=O)Cc2cc(F)ccc2O[C@H]1CCO. The molecule has 166 valence electrons. The molecule has 0 saturated carbocycles. The monoisotopic (exact) mass is 436 g/mol. The second-order valence-electron chi connectivity index (χ2n) is 6.88. The summed E-state index contributed by atoms with van der Waals surface area (Å²) in [5.74, 6) is -4.21. The Morgan fingerprint density at radius 3 is 2.53 bits per heavy atom. The largest absolute Gasteiger partial charge is 0.487 e. The van der Waals surface area contributed by atoms with Gasteiger partial charge in [-0.3, -0.25) is 14.4 Å². The summed E-state index contributed by atoms with van der Waals surface area (Å²) in [6.45, 7) is -1.56. The van der Waals surface area contributed by atoms with Gasteiger partial charge in [0.05, 0.1) is 0 Å². The molecule has 0 radical (unpaired) electrons. The molecule has 30 heavy (non-hydrogen) atoms. The molecule has 8 nitrogen and oxygen atoms in total. The van der Waals surface area contributed by atoms with Gasteiger partial charge in [0.2, 0.25) is 5.60 Å². The molecule has 0 saturated heterocycles. The van der Waals surface area contributed by atoms with E-state index in [9.17, 15) is 42.2 Å². The van der Waals surface area contributed by atoms with Crippen LogP contribution >= 0.6 is 0 Å². The van der Waals surface area contributed by atoms with Gasteiger partial charge in [-0.15, -0.1) is 0 Å². The van der Waals surface area contributed by atoms with E-state index in [1.807, 2.05) is 0 Å². The minimum Gasteiger partial charge on any atom is -0.487 e. The molecular weight excluding hydrogens is 416 g/mol. The summed E-state index contributed by atoms with van der Waals surface area (Å²) in [5.41, 5.74) is -2.74. The molecule has 1 aromatic carbocycles. The summed E-state index contributed by atoms with van der Waals surface area (Å²) >= 11 is 0. The zero-order valence-electron chi connectivity index (χ0n) is 15.8.